The zero-order valence-electron chi connectivity index (χ0n) is 14.3. The highest BCUT2D eigenvalue weighted by molar-refractivity contribution is 5.79. The van der Waals surface area contributed by atoms with Crippen molar-refractivity contribution in [1.29, 1.82) is 0 Å². The van der Waals surface area contributed by atoms with Crippen LogP contribution in [0, 0.1) is 24.5 Å². The first kappa shape index (κ1) is 17.5. The van der Waals surface area contributed by atoms with Crippen molar-refractivity contribution in [2.75, 3.05) is 19.6 Å². The molecule has 2 aromatic rings. The first-order chi connectivity index (χ1) is 12.0. The van der Waals surface area contributed by atoms with E-state index in [-0.39, 0.29) is 23.3 Å². The third-order valence-electron chi connectivity index (χ3n) is 4.37. The molecule has 0 aliphatic carbocycles. The van der Waals surface area contributed by atoms with Crippen LogP contribution in [-0.2, 0) is 11.3 Å². The molecule has 1 aromatic heterocycles. The van der Waals surface area contributed by atoms with Crippen LogP contribution in [0.5, 0.6) is 0 Å². The molecule has 0 bridgehead atoms. The van der Waals surface area contributed by atoms with Crippen molar-refractivity contribution in [1.82, 2.24) is 15.2 Å². The second-order valence-corrected chi connectivity index (χ2v) is 6.30. The van der Waals surface area contributed by atoms with Gasteiger partial charge in [-0.1, -0.05) is 0 Å². The number of nitrogens with zero attached hydrogens (tertiary/aromatic N) is 2. The van der Waals surface area contributed by atoms with Crippen LogP contribution in [0.3, 0.4) is 0 Å². The third kappa shape index (κ3) is 4.04. The number of hydrogen-bond acceptors (Lipinski definition) is 4. The van der Waals surface area contributed by atoms with Crippen LogP contribution in [0.4, 0.5) is 8.78 Å². The number of carbonyl (C=O) groups excluding carboxylic acids is 1. The van der Waals surface area contributed by atoms with E-state index in [0.717, 1.165) is 24.7 Å². The first-order valence-corrected chi connectivity index (χ1v) is 8.39. The first-order valence-electron chi connectivity index (χ1n) is 8.39. The molecule has 0 saturated carbocycles. The van der Waals surface area contributed by atoms with Gasteiger partial charge in [0, 0.05) is 31.3 Å². The molecule has 134 valence electrons. The molecule has 1 saturated heterocycles. The monoisotopic (exact) mass is 349 g/mol. The average Bonchev–Trinajstić information content (AvgIpc) is 3.15. The van der Waals surface area contributed by atoms with Gasteiger partial charge >= 0.3 is 0 Å². The topological polar surface area (TPSA) is 58.4 Å². The Balaban J connectivity index is 1.70. The number of aryl methyl sites for hydroxylation is 1. The van der Waals surface area contributed by atoms with Gasteiger partial charge < -0.3 is 9.73 Å². The van der Waals surface area contributed by atoms with Crippen molar-refractivity contribution in [2.45, 2.75) is 26.8 Å². The Morgan fingerprint density at radius 1 is 1.36 bits per heavy atom. The molecule has 0 radical (unpaired) electrons. The molecule has 0 spiro atoms. The maximum absolute atomic E-state index is 13.4. The maximum Gasteiger partial charge on any atom is 0.226 e. The van der Waals surface area contributed by atoms with Crippen molar-refractivity contribution in [3.63, 3.8) is 0 Å². The minimum absolute atomic E-state index is 0.0102. The minimum atomic E-state index is -0.670. The quantitative estimate of drug-likeness (QED) is 0.902. The molecule has 3 rings (SSSR count). The van der Waals surface area contributed by atoms with Gasteiger partial charge in [0.25, 0.3) is 0 Å². The van der Waals surface area contributed by atoms with Gasteiger partial charge in [-0.15, -0.1) is 0 Å². The predicted octanol–water partition coefficient (Wildman–Crippen LogP) is 2.89. The highest BCUT2D eigenvalue weighted by Crippen LogP contribution is 2.26. The van der Waals surface area contributed by atoms with E-state index in [9.17, 15) is 13.6 Å². The molecule has 1 atom stereocenters. The molecule has 1 aromatic carbocycles. The van der Waals surface area contributed by atoms with Gasteiger partial charge in [-0.25, -0.2) is 13.8 Å². The molecule has 7 heteroatoms. The van der Waals surface area contributed by atoms with Crippen LogP contribution >= 0.6 is 0 Å². The van der Waals surface area contributed by atoms with Crippen molar-refractivity contribution < 1.29 is 18.0 Å². The lowest BCUT2D eigenvalue weighted by molar-refractivity contribution is -0.124. The lowest BCUT2D eigenvalue weighted by Crippen LogP contribution is -2.32. The van der Waals surface area contributed by atoms with E-state index >= 15 is 0 Å². The van der Waals surface area contributed by atoms with E-state index in [2.05, 4.69) is 15.2 Å². The second kappa shape index (κ2) is 7.31. The summed E-state index contributed by atoms with van der Waals surface area (Å²) in [7, 11) is 0. The Morgan fingerprint density at radius 3 is 2.76 bits per heavy atom. The largest absolute Gasteiger partial charge is 0.441 e. The fourth-order valence-corrected chi connectivity index (χ4v) is 3.10. The number of likely N-dealkylation sites (tertiary alicyclic amines) is 1. The van der Waals surface area contributed by atoms with Crippen molar-refractivity contribution in [3.8, 4) is 11.5 Å². The SMILES string of the molecule is CCNC(=O)[C@@H]1CCN(Cc2nc(-c3cc(F)cc(F)c3)oc2C)C1. The Labute approximate surface area is 145 Å². The number of rotatable bonds is 5. The van der Waals surface area contributed by atoms with Crippen molar-refractivity contribution in [2.24, 2.45) is 5.92 Å². The summed E-state index contributed by atoms with van der Waals surface area (Å²) in [5, 5.41) is 2.85. The van der Waals surface area contributed by atoms with Gasteiger partial charge in [-0.2, -0.15) is 0 Å². The fraction of sp³-hybridized carbons (Fsp3) is 0.444. The minimum Gasteiger partial charge on any atom is -0.441 e. The lowest BCUT2D eigenvalue weighted by Gasteiger charge is -2.14. The number of amides is 1. The van der Waals surface area contributed by atoms with Gasteiger partial charge in [-0.05, 0) is 38.9 Å². The van der Waals surface area contributed by atoms with E-state index in [0.29, 0.717) is 25.4 Å². The van der Waals surface area contributed by atoms with E-state index in [1.165, 1.54) is 12.1 Å². The van der Waals surface area contributed by atoms with E-state index in [1.54, 1.807) is 6.92 Å². The van der Waals surface area contributed by atoms with Gasteiger partial charge in [0.2, 0.25) is 11.8 Å². The Kier molecular flexibility index (Phi) is 5.13. The van der Waals surface area contributed by atoms with E-state index < -0.39 is 11.6 Å². The molecule has 2 heterocycles. The summed E-state index contributed by atoms with van der Waals surface area (Å²) < 4.78 is 32.3. The van der Waals surface area contributed by atoms with Crippen LogP contribution in [0.15, 0.2) is 22.6 Å². The number of carbonyl (C=O) groups is 1. The number of oxazole rings is 1. The molecule has 1 N–H and O–H groups in total. The maximum atomic E-state index is 13.4. The number of aromatic nitrogens is 1. The molecule has 25 heavy (non-hydrogen) atoms. The smallest absolute Gasteiger partial charge is 0.226 e. The Bertz CT molecular complexity index is 755. The summed E-state index contributed by atoms with van der Waals surface area (Å²) in [6, 6.07) is 3.20. The van der Waals surface area contributed by atoms with Gasteiger partial charge in [0.1, 0.15) is 17.4 Å². The standard InChI is InChI=1S/C18H21F2N3O2/c1-3-21-17(24)12-4-5-23(9-12)10-16-11(2)25-18(22-16)13-6-14(19)8-15(20)7-13/h6-8,12H,3-5,9-10H2,1-2H3,(H,21,24)/t12-/m1/s1. The number of halogens is 2. The summed E-state index contributed by atoms with van der Waals surface area (Å²) in [5.74, 6) is -0.457. The van der Waals surface area contributed by atoms with E-state index in [4.69, 9.17) is 4.42 Å². The predicted molar refractivity (Wildman–Crippen MR) is 88.7 cm³/mol. The number of hydrogen-bond donors (Lipinski definition) is 1. The Morgan fingerprint density at radius 2 is 2.08 bits per heavy atom. The summed E-state index contributed by atoms with van der Waals surface area (Å²) in [4.78, 5) is 18.4. The molecule has 1 amide bonds. The fourth-order valence-electron chi connectivity index (χ4n) is 3.10. The molecular formula is C18H21F2N3O2. The molecule has 0 unspecified atom stereocenters. The van der Waals surface area contributed by atoms with Crippen LogP contribution in [0.2, 0.25) is 0 Å². The molecule has 5 nitrogen and oxygen atoms in total. The summed E-state index contributed by atoms with van der Waals surface area (Å²) in [5.41, 5.74) is 0.990. The van der Waals surface area contributed by atoms with Crippen LogP contribution < -0.4 is 5.32 Å². The molecule has 1 aliphatic rings. The summed E-state index contributed by atoms with van der Waals surface area (Å²) in [6.45, 7) is 6.33. The van der Waals surface area contributed by atoms with Gasteiger partial charge in [-0.3, -0.25) is 9.69 Å². The van der Waals surface area contributed by atoms with Crippen LogP contribution in [0.25, 0.3) is 11.5 Å². The molecular weight excluding hydrogens is 328 g/mol. The van der Waals surface area contributed by atoms with Crippen LogP contribution in [-0.4, -0.2) is 35.4 Å². The van der Waals surface area contributed by atoms with Gasteiger partial charge in [0.15, 0.2) is 0 Å². The average molecular weight is 349 g/mol. The lowest BCUT2D eigenvalue weighted by atomic mass is 10.1. The van der Waals surface area contributed by atoms with Gasteiger partial charge in [0.05, 0.1) is 11.6 Å². The highest BCUT2D eigenvalue weighted by Gasteiger charge is 2.29. The zero-order valence-corrected chi connectivity index (χ0v) is 14.3. The third-order valence-corrected chi connectivity index (χ3v) is 4.37. The zero-order chi connectivity index (χ0) is 18.0. The molecule has 1 aliphatic heterocycles. The Hall–Kier alpha value is -2.28. The molecule has 1 fully saturated rings. The van der Waals surface area contributed by atoms with Crippen LogP contribution in [0.1, 0.15) is 24.8 Å². The van der Waals surface area contributed by atoms with Crippen molar-refractivity contribution >= 4 is 5.91 Å². The highest BCUT2D eigenvalue weighted by atomic mass is 19.1. The number of benzene rings is 1. The summed E-state index contributed by atoms with van der Waals surface area (Å²) >= 11 is 0. The summed E-state index contributed by atoms with van der Waals surface area (Å²) in [6.07, 6.45) is 0.810. The number of nitrogens with one attached hydrogen (secondary N) is 1. The second-order valence-electron chi connectivity index (χ2n) is 6.30. The van der Waals surface area contributed by atoms with E-state index in [1.807, 2.05) is 6.92 Å². The van der Waals surface area contributed by atoms with Crippen molar-refractivity contribution in [3.05, 3.63) is 41.3 Å². The normalized spacial score (nSPS) is 17.8.